The highest BCUT2D eigenvalue weighted by atomic mass is 32.2. The van der Waals surface area contributed by atoms with E-state index in [4.69, 9.17) is 14.2 Å². The van der Waals surface area contributed by atoms with Gasteiger partial charge in [-0.15, -0.1) is 0 Å². The van der Waals surface area contributed by atoms with Gasteiger partial charge in [-0.2, -0.15) is 0 Å². The molecule has 1 aliphatic rings. The first-order valence-corrected chi connectivity index (χ1v) is 10.8. The largest absolute Gasteiger partial charge is 0.493 e. The van der Waals surface area contributed by atoms with Gasteiger partial charge < -0.3 is 19.5 Å². The zero-order chi connectivity index (χ0) is 23.8. The van der Waals surface area contributed by atoms with Gasteiger partial charge in [0.2, 0.25) is 5.91 Å². The molecular weight excluding hydrogens is 448 g/mol. The number of imide groups is 1. The SMILES string of the molecule is CCOC(=O)COc1cc(/C=C2\SC(=O)N(CC(=O)Nc3ccccc3)C2=O)ccc1OC. The van der Waals surface area contributed by atoms with Gasteiger partial charge in [0.05, 0.1) is 18.6 Å². The van der Waals surface area contributed by atoms with Crippen LogP contribution in [0.2, 0.25) is 0 Å². The topological polar surface area (TPSA) is 111 Å². The third-order valence-electron chi connectivity index (χ3n) is 4.37. The van der Waals surface area contributed by atoms with Crippen molar-refractivity contribution in [1.82, 2.24) is 4.90 Å². The number of amides is 3. The number of benzene rings is 2. The summed E-state index contributed by atoms with van der Waals surface area (Å²) in [5, 5.41) is 2.10. The Hall–Kier alpha value is -3.79. The fraction of sp³-hybridized carbons (Fsp3) is 0.217. The van der Waals surface area contributed by atoms with Crippen molar-refractivity contribution in [3.8, 4) is 11.5 Å². The van der Waals surface area contributed by atoms with Gasteiger partial charge in [-0.05, 0) is 54.6 Å². The van der Waals surface area contributed by atoms with Crippen LogP contribution >= 0.6 is 11.8 Å². The number of carbonyl (C=O) groups excluding carboxylic acids is 4. The Morgan fingerprint density at radius 2 is 1.85 bits per heavy atom. The summed E-state index contributed by atoms with van der Waals surface area (Å²) in [5.74, 6) is -0.912. The summed E-state index contributed by atoms with van der Waals surface area (Å²) in [6.07, 6.45) is 1.51. The van der Waals surface area contributed by atoms with Crippen LogP contribution in [0.1, 0.15) is 12.5 Å². The van der Waals surface area contributed by atoms with Gasteiger partial charge in [0.1, 0.15) is 6.54 Å². The molecule has 2 aromatic carbocycles. The van der Waals surface area contributed by atoms with Crippen LogP contribution in [0.25, 0.3) is 6.08 Å². The number of methoxy groups -OCH3 is 1. The van der Waals surface area contributed by atoms with Crippen LogP contribution < -0.4 is 14.8 Å². The van der Waals surface area contributed by atoms with Crippen LogP contribution in [0.4, 0.5) is 10.5 Å². The summed E-state index contributed by atoms with van der Waals surface area (Å²) in [4.78, 5) is 49.9. The number of ether oxygens (including phenoxy) is 3. The molecule has 3 amide bonds. The fourth-order valence-electron chi connectivity index (χ4n) is 2.89. The highest BCUT2D eigenvalue weighted by Gasteiger charge is 2.36. The second-order valence-electron chi connectivity index (χ2n) is 6.69. The zero-order valence-corrected chi connectivity index (χ0v) is 18.8. The van der Waals surface area contributed by atoms with Crippen molar-refractivity contribution in [3.63, 3.8) is 0 Å². The molecular formula is C23H22N2O7S. The number of nitrogens with zero attached hydrogens (tertiary/aromatic N) is 1. The van der Waals surface area contributed by atoms with Crippen molar-refractivity contribution < 1.29 is 33.4 Å². The van der Waals surface area contributed by atoms with Crippen LogP contribution in [0.3, 0.4) is 0 Å². The predicted octanol–water partition coefficient (Wildman–Crippen LogP) is 3.31. The standard InChI is InChI=1S/C23H22N2O7S/c1-3-31-21(27)14-32-18-11-15(9-10-17(18)30-2)12-19-22(28)25(23(29)33-19)13-20(26)24-16-7-5-4-6-8-16/h4-12H,3,13-14H2,1-2H3,(H,24,26)/b19-12-. The number of carbonyl (C=O) groups is 4. The van der Waals surface area contributed by atoms with Gasteiger partial charge in [0.25, 0.3) is 11.1 Å². The predicted molar refractivity (Wildman–Crippen MR) is 123 cm³/mol. The quantitative estimate of drug-likeness (QED) is 0.439. The lowest BCUT2D eigenvalue weighted by atomic mass is 10.2. The molecule has 172 valence electrons. The number of anilines is 1. The number of para-hydroxylation sites is 1. The third-order valence-corrected chi connectivity index (χ3v) is 5.28. The Morgan fingerprint density at radius 1 is 1.09 bits per heavy atom. The average Bonchev–Trinajstić information content (AvgIpc) is 3.06. The molecule has 0 saturated carbocycles. The van der Waals surface area contributed by atoms with E-state index in [0.29, 0.717) is 17.0 Å². The van der Waals surface area contributed by atoms with Crippen molar-refractivity contribution >= 4 is 46.5 Å². The van der Waals surface area contributed by atoms with Gasteiger partial charge in [0, 0.05) is 5.69 Å². The molecule has 1 heterocycles. The molecule has 1 aliphatic heterocycles. The van der Waals surface area contributed by atoms with E-state index >= 15 is 0 Å². The van der Waals surface area contributed by atoms with Crippen LogP contribution in [-0.4, -0.2) is 54.8 Å². The minimum Gasteiger partial charge on any atom is -0.493 e. The van der Waals surface area contributed by atoms with E-state index < -0.39 is 29.6 Å². The summed E-state index contributed by atoms with van der Waals surface area (Å²) in [6.45, 7) is 1.23. The van der Waals surface area contributed by atoms with Crippen LogP contribution in [-0.2, 0) is 19.1 Å². The maximum Gasteiger partial charge on any atom is 0.344 e. The molecule has 2 aromatic rings. The molecule has 1 fully saturated rings. The Labute approximate surface area is 194 Å². The molecule has 0 atom stereocenters. The van der Waals surface area contributed by atoms with Crippen molar-refractivity contribution in [2.45, 2.75) is 6.92 Å². The van der Waals surface area contributed by atoms with Crippen molar-refractivity contribution in [3.05, 3.63) is 59.0 Å². The van der Waals surface area contributed by atoms with Gasteiger partial charge >= 0.3 is 5.97 Å². The van der Waals surface area contributed by atoms with E-state index in [1.54, 1.807) is 49.4 Å². The average molecular weight is 471 g/mol. The number of esters is 1. The molecule has 1 saturated heterocycles. The Balaban J connectivity index is 1.70. The molecule has 0 radical (unpaired) electrons. The Bertz CT molecular complexity index is 1090. The first-order chi connectivity index (χ1) is 15.9. The van der Waals surface area contributed by atoms with Gasteiger partial charge in [0.15, 0.2) is 18.1 Å². The monoisotopic (exact) mass is 470 g/mol. The summed E-state index contributed by atoms with van der Waals surface area (Å²) in [7, 11) is 1.46. The molecule has 9 nitrogen and oxygen atoms in total. The molecule has 3 rings (SSSR count). The smallest absolute Gasteiger partial charge is 0.344 e. The number of rotatable bonds is 9. The lowest BCUT2D eigenvalue weighted by Gasteiger charge is -2.12. The molecule has 1 N–H and O–H groups in total. The van der Waals surface area contributed by atoms with Gasteiger partial charge in [-0.25, -0.2) is 4.79 Å². The fourth-order valence-corrected chi connectivity index (χ4v) is 3.73. The number of thioether (sulfide) groups is 1. The first kappa shape index (κ1) is 23.9. The summed E-state index contributed by atoms with van der Waals surface area (Å²) in [6, 6.07) is 13.6. The summed E-state index contributed by atoms with van der Waals surface area (Å²) in [5.41, 5.74) is 1.12. The minimum atomic E-state index is -0.571. The van der Waals surface area contributed by atoms with E-state index in [2.05, 4.69) is 5.32 Å². The molecule has 0 unspecified atom stereocenters. The molecule has 33 heavy (non-hydrogen) atoms. The first-order valence-electron chi connectivity index (χ1n) is 9.98. The maximum absolute atomic E-state index is 12.7. The summed E-state index contributed by atoms with van der Waals surface area (Å²) >= 11 is 0.738. The Kier molecular flexibility index (Phi) is 8.09. The molecule has 0 spiro atoms. The van der Waals surface area contributed by atoms with E-state index in [1.807, 2.05) is 6.07 Å². The zero-order valence-electron chi connectivity index (χ0n) is 18.0. The normalized spacial score (nSPS) is 14.4. The minimum absolute atomic E-state index is 0.161. The van der Waals surface area contributed by atoms with Crippen LogP contribution in [0.15, 0.2) is 53.4 Å². The van der Waals surface area contributed by atoms with E-state index in [0.717, 1.165) is 16.7 Å². The highest BCUT2D eigenvalue weighted by molar-refractivity contribution is 8.18. The second kappa shape index (κ2) is 11.2. The van der Waals surface area contributed by atoms with E-state index in [-0.39, 0.29) is 23.9 Å². The number of hydrogen-bond donors (Lipinski definition) is 1. The van der Waals surface area contributed by atoms with Crippen molar-refractivity contribution in [2.75, 3.05) is 32.2 Å². The Morgan fingerprint density at radius 3 is 2.55 bits per heavy atom. The molecule has 0 aliphatic carbocycles. The van der Waals surface area contributed by atoms with E-state index in [9.17, 15) is 19.2 Å². The number of hydrogen-bond acceptors (Lipinski definition) is 8. The van der Waals surface area contributed by atoms with Crippen LogP contribution in [0.5, 0.6) is 11.5 Å². The van der Waals surface area contributed by atoms with E-state index in [1.165, 1.54) is 13.2 Å². The van der Waals surface area contributed by atoms with Crippen molar-refractivity contribution in [2.24, 2.45) is 0 Å². The van der Waals surface area contributed by atoms with Gasteiger partial charge in [-0.3, -0.25) is 19.3 Å². The third kappa shape index (κ3) is 6.36. The van der Waals surface area contributed by atoms with Crippen molar-refractivity contribution in [1.29, 1.82) is 0 Å². The number of nitrogens with one attached hydrogen (secondary N) is 1. The molecule has 10 heteroatoms. The van der Waals surface area contributed by atoms with Crippen LogP contribution in [0, 0.1) is 0 Å². The summed E-state index contributed by atoms with van der Waals surface area (Å²) < 4.78 is 15.6. The lowest BCUT2D eigenvalue weighted by molar-refractivity contribution is -0.145. The molecule has 0 aromatic heterocycles. The van der Waals surface area contributed by atoms with Gasteiger partial charge in [-0.1, -0.05) is 24.3 Å². The second-order valence-corrected chi connectivity index (χ2v) is 7.68. The molecule has 0 bridgehead atoms. The maximum atomic E-state index is 12.7. The highest BCUT2D eigenvalue weighted by Crippen LogP contribution is 2.34. The lowest BCUT2D eigenvalue weighted by Crippen LogP contribution is -2.36.